The molecule has 6 nitrogen and oxygen atoms in total. The van der Waals surface area contributed by atoms with E-state index in [1.807, 2.05) is 0 Å². The van der Waals surface area contributed by atoms with Gasteiger partial charge in [0.15, 0.2) is 6.26 Å². The van der Waals surface area contributed by atoms with Crippen molar-refractivity contribution in [2.45, 2.75) is 24.3 Å². The third-order valence-corrected chi connectivity index (χ3v) is 0.875. The van der Waals surface area contributed by atoms with Gasteiger partial charge in [-0.15, -0.1) is 0 Å². The zero-order valence-electron chi connectivity index (χ0n) is 12.6. The maximum Gasteiger partial charge on any atom is 0.151 e. The molecule has 0 aliphatic rings. The van der Waals surface area contributed by atoms with Crippen molar-refractivity contribution in [1.29, 1.82) is 0 Å². The highest BCUT2D eigenvalue weighted by Gasteiger charge is 2.29. The summed E-state index contributed by atoms with van der Waals surface area (Å²) in [5, 5.41) is 45.8. The van der Waals surface area contributed by atoms with E-state index in [2.05, 4.69) is 0 Å². The molecule has 0 aliphatic heterocycles. The highest BCUT2D eigenvalue weighted by molar-refractivity contribution is 5.56. The molecule has 0 heterocycles. The Morgan fingerprint density at radius 1 is 1.42 bits per heavy atom. The summed E-state index contributed by atoms with van der Waals surface area (Å²) in [6.45, 7) is -4.07. The summed E-state index contributed by atoms with van der Waals surface area (Å²) in [6.07, 6.45) is -19.8. The topological polar surface area (TPSA) is 118 Å². The van der Waals surface area contributed by atoms with Crippen molar-refractivity contribution < 1.29 is 39.9 Å². The Bertz CT molecular complexity index is 373. The smallest absolute Gasteiger partial charge is 0.151 e. The third-order valence-electron chi connectivity index (χ3n) is 0.875. The van der Waals surface area contributed by atoms with Gasteiger partial charge in [0, 0.05) is 0 Å². The monoisotopic (exact) mass is 187 g/mol. The van der Waals surface area contributed by atoms with Crippen LogP contribution < -0.4 is 0 Å². The lowest BCUT2D eigenvalue weighted by Crippen LogP contribution is -2.46. The van der Waals surface area contributed by atoms with Gasteiger partial charge in [0.2, 0.25) is 0 Å². The molecule has 0 amide bonds. The molecule has 0 aliphatic carbocycles. The molecule has 0 saturated carbocycles. The van der Waals surface area contributed by atoms with Crippen molar-refractivity contribution in [3.8, 4) is 0 Å². The average molecular weight is 187 g/mol. The molecule has 0 aromatic heterocycles. The van der Waals surface area contributed by atoms with E-state index in [0.717, 1.165) is 0 Å². The summed E-state index contributed by atoms with van der Waals surface area (Å²) in [5.74, 6) is 0. The SMILES string of the molecule is [2H]C(=O)C([2H])(O)C([2H])(O)C([2H])(O)C([2H])(O)C([2H])([2H])O. The highest BCUT2D eigenvalue weighted by Crippen LogP contribution is 2.02. The molecule has 6 heteroatoms. The van der Waals surface area contributed by atoms with E-state index in [1.165, 1.54) is 0 Å². The summed E-state index contributed by atoms with van der Waals surface area (Å²) in [5.41, 5.74) is 0. The number of hydrogen-bond donors (Lipinski definition) is 5. The van der Waals surface area contributed by atoms with Gasteiger partial charge in [-0.05, 0) is 0 Å². The molecular weight excluding hydrogens is 168 g/mol. The first-order chi connectivity index (χ1) is 7.94. The molecule has 4 unspecified atom stereocenters. The normalized spacial score (nSPS) is 41.2. The number of aldehydes is 1. The first-order valence-corrected chi connectivity index (χ1v) is 2.57. The molecule has 0 spiro atoms. The molecule has 0 aromatic rings. The second kappa shape index (κ2) is 5.18. The van der Waals surface area contributed by atoms with Crippen LogP contribution in [-0.4, -0.2) is 62.7 Å². The summed E-state index contributed by atoms with van der Waals surface area (Å²) in [4.78, 5) is 10.6. The first-order valence-electron chi connectivity index (χ1n) is 6.07. The fourth-order valence-corrected chi connectivity index (χ4v) is 0.326. The van der Waals surface area contributed by atoms with E-state index < -0.39 is 37.1 Å². The fraction of sp³-hybridized carbons (Fsp3) is 0.833. The molecule has 72 valence electrons. The number of hydrogen-bond acceptors (Lipinski definition) is 6. The van der Waals surface area contributed by atoms with Crippen LogP contribution in [0.15, 0.2) is 0 Å². The lowest BCUT2D eigenvalue weighted by Gasteiger charge is -2.22. The Labute approximate surface area is 78.5 Å². The second-order valence-electron chi connectivity index (χ2n) is 1.61. The molecule has 4 atom stereocenters. The van der Waals surface area contributed by atoms with Crippen molar-refractivity contribution in [3.05, 3.63) is 0 Å². The Balaban J connectivity index is 5.99. The fourth-order valence-electron chi connectivity index (χ4n) is 0.326. The third kappa shape index (κ3) is 2.84. The Morgan fingerprint density at radius 3 is 2.25 bits per heavy atom. The largest absolute Gasteiger partial charge is 0.394 e. The molecule has 0 saturated heterocycles. The van der Waals surface area contributed by atoms with Gasteiger partial charge in [-0.25, -0.2) is 0 Å². The molecule has 0 fully saturated rings. The number of rotatable bonds is 5. The van der Waals surface area contributed by atoms with E-state index in [9.17, 15) is 20.1 Å². The van der Waals surface area contributed by atoms with E-state index >= 15 is 0 Å². The first kappa shape index (κ1) is 4.12. The van der Waals surface area contributed by atoms with E-state index in [-0.39, 0.29) is 0 Å². The van der Waals surface area contributed by atoms with Crippen LogP contribution in [0.1, 0.15) is 9.60 Å². The van der Waals surface area contributed by atoms with Gasteiger partial charge in [-0.3, -0.25) is 0 Å². The predicted molar refractivity (Wildman–Crippen MR) is 37.2 cm³/mol. The minimum Gasteiger partial charge on any atom is -0.394 e. The lowest BCUT2D eigenvalue weighted by molar-refractivity contribution is -0.136. The summed E-state index contributed by atoms with van der Waals surface area (Å²) >= 11 is 0. The Kier molecular flexibility index (Phi) is 1.78. The van der Waals surface area contributed by atoms with Crippen molar-refractivity contribution in [3.63, 3.8) is 0 Å². The van der Waals surface area contributed by atoms with Crippen LogP contribution in [0.5, 0.6) is 0 Å². The zero-order chi connectivity index (χ0) is 16.1. The molecule has 12 heavy (non-hydrogen) atoms. The van der Waals surface area contributed by atoms with Gasteiger partial charge in [0.25, 0.3) is 0 Å². The molecule has 5 N–H and O–H groups in total. The van der Waals surface area contributed by atoms with Crippen LogP contribution in [0.4, 0.5) is 0 Å². The quantitative estimate of drug-likeness (QED) is 0.287. The number of aliphatic hydroxyl groups is 5. The van der Waals surface area contributed by atoms with Crippen LogP contribution >= 0.6 is 0 Å². The van der Waals surface area contributed by atoms with Gasteiger partial charge in [-0.2, -0.15) is 0 Å². The molecule has 0 aromatic carbocycles. The molecule has 0 bridgehead atoms. The van der Waals surface area contributed by atoms with Gasteiger partial charge in [0.05, 0.1) is 14.8 Å². The van der Waals surface area contributed by atoms with Crippen LogP contribution in [0.25, 0.3) is 0 Å². The minimum atomic E-state index is -4.47. The van der Waals surface area contributed by atoms with Crippen LogP contribution in [0.2, 0.25) is 0 Å². The maximum absolute atomic E-state index is 10.6. The van der Waals surface area contributed by atoms with Crippen molar-refractivity contribution in [2.24, 2.45) is 0 Å². The van der Waals surface area contributed by atoms with Crippen LogP contribution in [-0.2, 0) is 4.79 Å². The van der Waals surface area contributed by atoms with E-state index in [1.54, 1.807) is 0 Å². The molecule has 0 radical (unpaired) electrons. The Hall–Kier alpha value is -0.530. The molecular formula is C6H12O6. The number of carbonyl (C=O) groups excluding carboxylic acids is 1. The van der Waals surface area contributed by atoms with Crippen LogP contribution in [0.3, 0.4) is 0 Å². The molecule has 0 rings (SSSR count). The standard InChI is InChI=1S/C6H12O6/c7-1-3(9)5(11)6(12)4(10)2-8/h1,3-6,8-12H,2H2/i1D,2D2,3D,4D,5D,6D. The summed E-state index contributed by atoms with van der Waals surface area (Å²) in [6, 6.07) is 0. The minimum absolute atomic E-state index is 2.37. The lowest BCUT2D eigenvalue weighted by atomic mass is 10.0. The number of carbonyl (C=O) groups is 1. The highest BCUT2D eigenvalue weighted by atomic mass is 16.4. The van der Waals surface area contributed by atoms with Crippen molar-refractivity contribution >= 4 is 6.26 Å². The van der Waals surface area contributed by atoms with Gasteiger partial charge >= 0.3 is 0 Å². The van der Waals surface area contributed by atoms with Gasteiger partial charge in [0.1, 0.15) is 25.7 Å². The van der Waals surface area contributed by atoms with Crippen molar-refractivity contribution in [2.75, 3.05) is 6.56 Å². The van der Waals surface area contributed by atoms with E-state index in [0.29, 0.717) is 0 Å². The Morgan fingerprint density at radius 2 is 1.92 bits per heavy atom. The summed E-state index contributed by atoms with van der Waals surface area (Å²) in [7, 11) is 0. The van der Waals surface area contributed by atoms with Gasteiger partial charge in [-0.1, -0.05) is 0 Å². The maximum atomic E-state index is 10.6. The zero-order valence-corrected chi connectivity index (χ0v) is 5.64. The van der Waals surface area contributed by atoms with Crippen molar-refractivity contribution in [1.82, 2.24) is 0 Å². The van der Waals surface area contributed by atoms with E-state index in [4.69, 9.17) is 19.8 Å². The predicted octanol–water partition coefficient (Wildman–Crippen LogP) is -3.38. The van der Waals surface area contributed by atoms with Crippen LogP contribution in [0, 0.1) is 0 Å². The summed E-state index contributed by atoms with van der Waals surface area (Å²) < 4.78 is 47.4. The van der Waals surface area contributed by atoms with Gasteiger partial charge < -0.3 is 30.3 Å². The second-order valence-corrected chi connectivity index (χ2v) is 1.61. The average Bonchev–Trinajstić information content (AvgIpc) is 2.14.